The van der Waals surface area contributed by atoms with Crippen LogP contribution in [0.15, 0.2) is 6.07 Å². The third-order valence-electron chi connectivity index (χ3n) is 1.64. The van der Waals surface area contributed by atoms with E-state index in [4.69, 9.17) is 11.6 Å². The number of carbonyl (C=O) groups is 1. The molecule has 0 atom stereocenters. The van der Waals surface area contributed by atoms with Crippen LogP contribution in [-0.2, 0) is 13.5 Å². The van der Waals surface area contributed by atoms with Gasteiger partial charge in [-0.25, -0.2) is 0 Å². The van der Waals surface area contributed by atoms with Crippen LogP contribution in [0.1, 0.15) is 29.5 Å². The van der Waals surface area contributed by atoms with Gasteiger partial charge in [0, 0.05) is 7.05 Å². The zero-order valence-corrected chi connectivity index (χ0v) is 7.93. The van der Waals surface area contributed by atoms with Gasteiger partial charge in [-0.1, -0.05) is 13.3 Å². The normalized spacial score (nSPS) is 10.2. The highest BCUT2D eigenvalue weighted by atomic mass is 35.5. The predicted octanol–water partition coefficient (Wildman–Crippen LogP) is 1.75. The summed E-state index contributed by atoms with van der Waals surface area (Å²) in [6, 6.07) is 1.73. The van der Waals surface area contributed by atoms with E-state index < -0.39 is 5.24 Å². The summed E-state index contributed by atoms with van der Waals surface area (Å²) in [6.07, 6.45) is 1.91. The van der Waals surface area contributed by atoms with Crippen LogP contribution in [-0.4, -0.2) is 15.0 Å². The van der Waals surface area contributed by atoms with Crippen LogP contribution in [0, 0.1) is 0 Å². The Morgan fingerprint density at radius 3 is 2.83 bits per heavy atom. The Morgan fingerprint density at radius 1 is 1.75 bits per heavy atom. The van der Waals surface area contributed by atoms with E-state index in [1.807, 2.05) is 0 Å². The first kappa shape index (κ1) is 9.26. The second-order valence-electron chi connectivity index (χ2n) is 2.67. The minimum atomic E-state index is -0.452. The fourth-order valence-corrected chi connectivity index (χ4v) is 1.27. The highest BCUT2D eigenvalue weighted by Gasteiger charge is 2.09. The maximum Gasteiger partial charge on any atom is 0.270 e. The van der Waals surface area contributed by atoms with E-state index in [0.717, 1.165) is 18.5 Å². The molecule has 3 nitrogen and oxygen atoms in total. The third kappa shape index (κ3) is 1.85. The van der Waals surface area contributed by atoms with Gasteiger partial charge in [0.2, 0.25) is 0 Å². The lowest BCUT2D eigenvalue weighted by Gasteiger charge is -1.91. The molecule has 0 N–H and O–H groups in total. The van der Waals surface area contributed by atoms with Crippen molar-refractivity contribution in [2.45, 2.75) is 19.8 Å². The van der Waals surface area contributed by atoms with Crippen molar-refractivity contribution in [3.8, 4) is 0 Å². The van der Waals surface area contributed by atoms with Crippen LogP contribution in [0.2, 0.25) is 0 Å². The molecule has 1 aromatic rings. The van der Waals surface area contributed by atoms with E-state index in [-0.39, 0.29) is 0 Å². The highest BCUT2D eigenvalue weighted by molar-refractivity contribution is 6.67. The second kappa shape index (κ2) is 3.72. The first-order valence-electron chi connectivity index (χ1n) is 3.88. The number of hydrogen-bond acceptors (Lipinski definition) is 2. The summed E-state index contributed by atoms with van der Waals surface area (Å²) in [4.78, 5) is 10.8. The van der Waals surface area contributed by atoms with Gasteiger partial charge in [0.05, 0.1) is 5.69 Å². The van der Waals surface area contributed by atoms with Gasteiger partial charge in [0.15, 0.2) is 0 Å². The molecule has 0 fully saturated rings. The minimum Gasteiger partial charge on any atom is -0.274 e. The molecule has 0 aliphatic heterocycles. The van der Waals surface area contributed by atoms with Crippen LogP contribution in [0.3, 0.4) is 0 Å². The molecule has 0 aliphatic rings. The monoisotopic (exact) mass is 186 g/mol. The topological polar surface area (TPSA) is 34.9 Å². The molecule has 1 heterocycles. The number of aromatic nitrogens is 2. The van der Waals surface area contributed by atoms with Gasteiger partial charge in [0.1, 0.15) is 5.69 Å². The summed E-state index contributed by atoms with van der Waals surface area (Å²) in [6.45, 7) is 2.07. The molecule has 0 saturated heterocycles. The van der Waals surface area contributed by atoms with Crippen molar-refractivity contribution in [2.24, 2.45) is 7.05 Å². The Hall–Kier alpha value is -0.830. The Balaban J connectivity index is 2.92. The number of carbonyl (C=O) groups excluding carboxylic acids is 1. The van der Waals surface area contributed by atoms with E-state index >= 15 is 0 Å². The molecule has 0 amide bonds. The van der Waals surface area contributed by atoms with E-state index in [1.165, 1.54) is 4.68 Å². The van der Waals surface area contributed by atoms with Gasteiger partial charge in [-0.05, 0) is 24.1 Å². The number of halogens is 1. The first-order chi connectivity index (χ1) is 5.65. The van der Waals surface area contributed by atoms with Gasteiger partial charge >= 0.3 is 0 Å². The van der Waals surface area contributed by atoms with Crippen LogP contribution in [0.4, 0.5) is 0 Å². The van der Waals surface area contributed by atoms with E-state index in [1.54, 1.807) is 13.1 Å². The summed E-state index contributed by atoms with van der Waals surface area (Å²) >= 11 is 5.32. The van der Waals surface area contributed by atoms with Crippen molar-refractivity contribution < 1.29 is 4.79 Å². The van der Waals surface area contributed by atoms with Crippen LogP contribution in [0.25, 0.3) is 0 Å². The standard InChI is InChI=1S/C8H11ClN2O/c1-3-4-6-5-7(8(9)12)11(2)10-6/h5H,3-4H2,1-2H3. The van der Waals surface area contributed by atoms with Gasteiger partial charge in [-0.15, -0.1) is 0 Å². The zero-order chi connectivity index (χ0) is 9.14. The second-order valence-corrected chi connectivity index (χ2v) is 3.01. The molecule has 1 rings (SSSR count). The summed E-state index contributed by atoms with van der Waals surface area (Å²) in [5.74, 6) is 0. The molecule has 0 aromatic carbocycles. The number of rotatable bonds is 3. The lowest BCUT2D eigenvalue weighted by molar-refractivity contribution is 0.107. The highest BCUT2D eigenvalue weighted by Crippen LogP contribution is 2.07. The van der Waals surface area contributed by atoms with Crippen molar-refractivity contribution in [3.05, 3.63) is 17.5 Å². The Labute approximate surface area is 76.3 Å². The van der Waals surface area contributed by atoms with Crippen molar-refractivity contribution in [2.75, 3.05) is 0 Å². The van der Waals surface area contributed by atoms with E-state index in [9.17, 15) is 4.79 Å². The quantitative estimate of drug-likeness (QED) is 0.675. The van der Waals surface area contributed by atoms with Crippen molar-refractivity contribution in [3.63, 3.8) is 0 Å². The molecule has 0 radical (unpaired) electrons. The van der Waals surface area contributed by atoms with Crippen LogP contribution in [0.5, 0.6) is 0 Å². The first-order valence-corrected chi connectivity index (χ1v) is 4.25. The maximum absolute atomic E-state index is 10.8. The summed E-state index contributed by atoms with van der Waals surface area (Å²) in [7, 11) is 1.72. The lowest BCUT2D eigenvalue weighted by atomic mass is 10.2. The molecule has 4 heteroatoms. The Bertz CT molecular complexity index is 293. The summed E-state index contributed by atoms with van der Waals surface area (Å²) in [5.41, 5.74) is 1.38. The smallest absolute Gasteiger partial charge is 0.270 e. The van der Waals surface area contributed by atoms with Crippen LogP contribution < -0.4 is 0 Å². The molecule has 0 saturated carbocycles. The fraction of sp³-hybridized carbons (Fsp3) is 0.500. The number of aryl methyl sites for hydroxylation is 2. The fourth-order valence-electron chi connectivity index (χ4n) is 1.09. The van der Waals surface area contributed by atoms with Gasteiger partial charge < -0.3 is 0 Å². The summed E-state index contributed by atoms with van der Waals surface area (Å²) < 4.78 is 1.51. The molecule has 12 heavy (non-hydrogen) atoms. The molecule has 0 unspecified atom stereocenters. The lowest BCUT2D eigenvalue weighted by Crippen LogP contribution is -2.00. The summed E-state index contributed by atoms with van der Waals surface area (Å²) in [5, 5.41) is 3.68. The zero-order valence-electron chi connectivity index (χ0n) is 7.17. The number of nitrogens with zero attached hydrogens (tertiary/aromatic N) is 2. The van der Waals surface area contributed by atoms with Crippen molar-refractivity contribution >= 4 is 16.8 Å². The SMILES string of the molecule is CCCc1cc(C(=O)Cl)n(C)n1. The largest absolute Gasteiger partial charge is 0.274 e. The van der Waals surface area contributed by atoms with Gasteiger partial charge in [-0.2, -0.15) is 5.10 Å². The molecule has 0 bridgehead atoms. The number of hydrogen-bond donors (Lipinski definition) is 0. The molecular weight excluding hydrogens is 176 g/mol. The van der Waals surface area contributed by atoms with E-state index in [2.05, 4.69) is 12.0 Å². The average molecular weight is 187 g/mol. The minimum absolute atomic E-state index is 0.452. The third-order valence-corrected chi connectivity index (χ3v) is 1.83. The molecule has 0 aliphatic carbocycles. The van der Waals surface area contributed by atoms with E-state index in [0.29, 0.717) is 5.69 Å². The van der Waals surface area contributed by atoms with Crippen molar-refractivity contribution in [1.82, 2.24) is 9.78 Å². The molecular formula is C8H11ClN2O. The predicted molar refractivity (Wildman–Crippen MR) is 47.4 cm³/mol. The average Bonchev–Trinajstić information content (AvgIpc) is 2.32. The van der Waals surface area contributed by atoms with Gasteiger partial charge in [-0.3, -0.25) is 9.48 Å². The van der Waals surface area contributed by atoms with Crippen LogP contribution >= 0.6 is 11.6 Å². The Morgan fingerprint density at radius 2 is 2.42 bits per heavy atom. The van der Waals surface area contributed by atoms with Crippen molar-refractivity contribution in [1.29, 1.82) is 0 Å². The molecule has 1 aromatic heterocycles. The van der Waals surface area contributed by atoms with Gasteiger partial charge in [0.25, 0.3) is 5.24 Å². The molecule has 66 valence electrons. The molecule has 0 spiro atoms. The maximum atomic E-state index is 10.8. The Kier molecular flexibility index (Phi) is 2.87.